The Balaban J connectivity index is 1.51. The zero-order valence-corrected chi connectivity index (χ0v) is 13.9. The Morgan fingerprint density at radius 1 is 1.21 bits per heavy atom. The van der Waals surface area contributed by atoms with Crippen LogP contribution in [-0.4, -0.2) is 42.3 Å². The van der Waals surface area contributed by atoms with Crippen LogP contribution in [0.2, 0.25) is 0 Å². The van der Waals surface area contributed by atoms with Crippen molar-refractivity contribution in [1.29, 1.82) is 0 Å². The SMILES string of the molecule is CC(=O)c1cc2cc(C(=O)NC3CC4CCN(CC4)C3)ccc2o1. The number of carbonyl (C=O) groups excluding carboxylic acids is 2. The Bertz CT molecular complexity index is 773. The molecule has 3 aliphatic heterocycles. The number of benzene rings is 1. The second kappa shape index (κ2) is 6.06. The standard InChI is InChI=1S/C19H22N2O3/c1-12(22)18-10-15-9-14(2-3-17(15)24-18)19(23)20-16-8-13-4-6-21(11-16)7-5-13/h2-3,9-10,13,16H,4-8,11H2,1H3,(H,20,23). The molecule has 5 rings (SSSR count). The van der Waals surface area contributed by atoms with E-state index >= 15 is 0 Å². The van der Waals surface area contributed by atoms with Gasteiger partial charge in [-0.15, -0.1) is 0 Å². The summed E-state index contributed by atoms with van der Waals surface area (Å²) in [5.41, 5.74) is 1.25. The molecule has 0 aliphatic carbocycles. The summed E-state index contributed by atoms with van der Waals surface area (Å²) in [5, 5.41) is 3.98. The maximum atomic E-state index is 12.6. The fourth-order valence-corrected chi connectivity index (χ4v) is 3.92. The summed E-state index contributed by atoms with van der Waals surface area (Å²) < 4.78 is 5.48. The number of Topliss-reactive ketones (excluding diaryl/α,β-unsaturated/α-hetero) is 1. The van der Waals surface area contributed by atoms with Crippen molar-refractivity contribution in [3.8, 4) is 0 Å². The van der Waals surface area contributed by atoms with Gasteiger partial charge in [0.05, 0.1) is 0 Å². The molecular weight excluding hydrogens is 304 g/mol. The van der Waals surface area contributed by atoms with E-state index in [9.17, 15) is 9.59 Å². The molecule has 3 fully saturated rings. The van der Waals surface area contributed by atoms with E-state index in [1.807, 2.05) is 0 Å². The molecule has 24 heavy (non-hydrogen) atoms. The summed E-state index contributed by atoms with van der Waals surface area (Å²) in [6.45, 7) is 4.74. The average molecular weight is 326 g/mol. The molecule has 2 bridgehead atoms. The lowest BCUT2D eigenvalue weighted by Gasteiger charge is -2.26. The molecule has 1 aromatic carbocycles. The van der Waals surface area contributed by atoms with E-state index < -0.39 is 0 Å². The first-order valence-electron chi connectivity index (χ1n) is 8.66. The number of ketones is 1. The van der Waals surface area contributed by atoms with Gasteiger partial charge in [0, 0.05) is 30.5 Å². The van der Waals surface area contributed by atoms with Gasteiger partial charge in [-0.05, 0) is 62.5 Å². The van der Waals surface area contributed by atoms with Crippen molar-refractivity contribution in [2.75, 3.05) is 19.6 Å². The molecule has 5 nitrogen and oxygen atoms in total. The molecule has 0 radical (unpaired) electrons. The topological polar surface area (TPSA) is 62.6 Å². The first kappa shape index (κ1) is 15.4. The third kappa shape index (κ3) is 2.96. The molecule has 3 aliphatic rings. The fourth-order valence-electron chi connectivity index (χ4n) is 3.92. The number of hydrogen-bond donors (Lipinski definition) is 1. The Labute approximate surface area is 141 Å². The monoisotopic (exact) mass is 326 g/mol. The van der Waals surface area contributed by atoms with Gasteiger partial charge in [-0.2, -0.15) is 0 Å². The van der Waals surface area contributed by atoms with Crippen LogP contribution < -0.4 is 5.32 Å². The van der Waals surface area contributed by atoms with Crippen molar-refractivity contribution in [2.24, 2.45) is 5.92 Å². The summed E-state index contributed by atoms with van der Waals surface area (Å²) in [4.78, 5) is 26.5. The van der Waals surface area contributed by atoms with Gasteiger partial charge < -0.3 is 14.6 Å². The fraction of sp³-hybridized carbons (Fsp3) is 0.474. The molecule has 5 heteroatoms. The summed E-state index contributed by atoms with van der Waals surface area (Å²) >= 11 is 0. The van der Waals surface area contributed by atoms with Crippen LogP contribution in [-0.2, 0) is 0 Å². The minimum atomic E-state index is -0.111. The second-order valence-electron chi connectivity index (χ2n) is 7.07. The number of rotatable bonds is 3. The number of furan rings is 1. The largest absolute Gasteiger partial charge is 0.453 e. The highest BCUT2D eigenvalue weighted by molar-refractivity contribution is 6.00. The number of carbonyl (C=O) groups is 2. The highest BCUT2D eigenvalue weighted by atomic mass is 16.3. The van der Waals surface area contributed by atoms with E-state index in [4.69, 9.17) is 4.42 Å². The lowest BCUT2D eigenvalue weighted by molar-refractivity contribution is 0.0928. The minimum absolute atomic E-state index is 0.0463. The lowest BCUT2D eigenvalue weighted by Crippen LogP contribution is -2.41. The van der Waals surface area contributed by atoms with Gasteiger partial charge in [-0.1, -0.05) is 0 Å². The zero-order chi connectivity index (χ0) is 16.7. The van der Waals surface area contributed by atoms with E-state index in [2.05, 4.69) is 10.2 Å². The molecular formula is C19H22N2O3. The molecule has 126 valence electrons. The summed E-state index contributed by atoms with van der Waals surface area (Å²) in [6.07, 6.45) is 3.58. The maximum Gasteiger partial charge on any atom is 0.251 e. The first-order valence-corrected chi connectivity index (χ1v) is 8.66. The van der Waals surface area contributed by atoms with Crippen LogP contribution in [0.25, 0.3) is 11.0 Å². The van der Waals surface area contributed by atoms with Crippen LogP contribution in [0.4, 0.5) is 0 Å². The number of fused-ring (bicyclic) bond motifs is 5. The molecule has 1 amide bonds. The van der Waals surface area contributed by atoms with Crippen LogP contribution in [0, 0.1) is 5.92 Å². The molecule has 0 spiro atoms. The van der Waals surface area contributed by atoms with Crippen LogP contribution in [0.15, 0.2) is 28.7 Å². The minimum Gasteiger partial charge on any atom is -0.453 e. The van der Waals surface area contributed by atoms with Gasteiger partial charge in [0.2, 0.25) is 0 Å². The van der Waals surface area contributed by atoms with Gasteiger partial charge >= 0.3 is 0 Å². The highest BCUT2D eigenvalue weighted by Crippen LogP contribution is 2.27. The predicted molar refractivity (Wildman–Crippen MR) is 91.3 cm³/mol. The van der Waals surface area contributed by atoms with Gasteiger partial charge in [-0.3, -0.25) is 9.59 Å². The average Bonchev–Trinajstić information content (AvgIpc) is 2.79. The highest BCUT2D eigenvalue weighted by Gasteiger charge is 2.30. The Hall–Kier alpha value is -2.14. The molecule has 3 saturated heterocycles. The molecule has 1 aromatic heterocycles. The van der Waals surface area contributed by atoms with Crippen LogP contribution in [0.3, 0.4) is 0 Å². The molecule has 2 aromatic rings. The molecule has 4 heterocycles. The van der Waals surface area contributed by atoms with Crippen molar-refractivity contribution in [1.82, 2.24) is 10.2 Å². The van der Waals surface area contributed by atoms with Crippen LogP contribution in [0.1, 0.15) is 47.1 Å². The maximum absolute atomic E-state index is 12.6. The molecule has 1 N–H and O–H groups in total. The number of amides is 1. The smallest absolute Gasteiger partial charge is 0.251 e. The van der Waals surface area contributed by atoms with Crippen molar-refractivity contribution < 1.29 is 14.0 Å². The third-order valence-corrected chi connectivity index (χ3v) is 5.26. The Kier molecular flexibility index (Phi) is 3.88. The van der Waals surface area contributed by atoms with Gasteiger partial charge in [-0.25, -0.2) is 0 Å². The number of nitrogens with zero attached hydrogens (tertiary/aromatic N) is 1. The third-order valence-electron chi connectivity index (χ3n) is 5.26. The quantitative estimate of drug-likeness (QED) is 0.881. The van der Waals surface area contributed by atoms with Crippen molar-refractivity contribution in [2.45, 2.75) is 32.2 Å². The predicted octanol–water partition coefficient (Wildman–Crippen LogP) is 2.85. The van der Waals surface area contributed by atoms with Crippen LogP contribution in [0.5, 0.6) is 0 Å². The van der Waals surface area contributed by atoms with E-state index in [0.29, 0.717) is 16.9 Å². The van der Waals surface area contributed by atoms with Crippen molar-refractivity contribution >= 4 is 22.7 Å². The van der Waals surface area contributed by atoms with E-state index in [-0.39, 0.29) is 17.7 Å². The first-order chi connectivity index (χ1) is 11.6. The summed E-state index contributed by atoms with van der Waals surface area (Å²) in [5.74, 6) is 0.911. The van der Waals surface area contributed by atoms with Crippen molar-refractivity contribution in [3.63, 3.8) is 0 Å². The van der Waals surface area contributed by atoms with Gasteiger partial charge in [0.1, 0.15) is 5.58 Å². The second-order valence-corrected chi connectivity index (χ2v) is 7.07. The Morgan fingerprint density at radius 3 is 2.75 bits per heavy atom. The van der Waals surface area contributed by atoms with E-state index in [1.165, 1.54) is 19.8 Å². The van der Waals surface area contributed by atoms with Crippen molar-refractivity contribution in [3.05, 3.63) is 35.6 Å². The number of hydrogen-bond acceptors (Lipinski definition) is 4. The molecule has 1 atom stereocenters. The number of nitrogens with one attached hydrogen (secondary N) is 1. The molecule has 0 saturated carbocycles. The molecule has 1 unspecified atom stereocenters. The summed E-state index contributed by atoms with van der Waals surface area (Å²) in [6, 6.07) is 7.24. The Morgan fingerprint density at radius 2 is 2.00 bits per heavy atom. The lowest BCUT2D eigenvalue weighted by atomic mass is 9.94. The van der Waals surface area contributed by atoms with Crippen LogP contribution >= 0.6 is 0 Å². The summed E-state index contributed by atoms with van der Waals surface area (Å²) in [7, 11) is 0. The van der Waals surface area contributed by atoms with Gasteiger partial charge in [0.15, 0.2) is 11.5 Å². The normalized spacial score (nSPS) is 26.3. The van der Waals surface area contributed by atoms with E-state index in [0.717, 1.165) is 37.4 Å². The van der Waals surface area contributed by atoms with Gasteiger partial charge in [0.25, 0.3) is 5.91 Å². The van der Waals surface area contributed by atoms with E-state index in [1.54, 1.807) is 24.3 Å². The zero-order valence-electron chi connectivity index (χ0n) is 13.9. The number of piperidine rings is 1.